The summed E-state index contributed by atoms with van der Waals surface area (Å²) in [7, 11) is 2.98. The number of benzene rings is 2. The maximum atomic E-state index is 12.0. The molecule has 2 aromatic rings. The molecule has 0 aliphatic heterocycles. The van der Waals surface area contributed by atoms with E-state index in [9.17, 15) is 14.9 Å². The molecular formula is C16H16N2O6. The Bertz CT molecular complexity index is 747. The Morgan fingerprint density at radius 1 is 1.12 bits per heavy atom. The molecule has 0 aliphatic rings. The molecule has 0 fully saturated rings. The molecule has 0 radical (unpaired) electrons. The van der Waals surface area contributed by atoms with Gasteiger partial charge in [0, 0.05) is 12.1 Å². The number of methoxy groups -OCH3 is 2. The van der Waals surface area contributed by atoms with E-state index in [2.05, 4.69) is 5.32 Å². The fourth-order valence-corrected chi connectivity index (χ4v) is 1.97. The molecule has 1 N–H and O–H groups in total. The Balaban J connectivity index is 2.06. The number of nitro groups is 1. The van der Waals surface area contributed by atoms with E-state index in [1.807, 2.05) is 0 Å². The average Bonchev–Trinajstić information content (AvgIpc) is 2.60. The summed E-state index contributed by atoms with van der Waals surface area (Å²) in [6.07, 6.45) is 0. The van der Waals surface area contributed by atoms with Gasteiger partial charge in [-0.3, -0.25) is 14.9 Å². The number of nitrogens with one attached hydrogen (secondary N) is 1. The smallest absolute Gasteiger partial charge is 0.310 e. The van der Waals surface area contributed by atoms with Crippen molar-refractivity contribution < 1.29 is 23.9 Å². The molecule has 1 amide bonds. The molecule has 0 saturated heterocycles. The van der Waals surface area contributed by atoms with Crippen LogP contribution in [0.3, 0.4) is 0 Å². The van der Waals surface area contributed by atoms with Crippen LogP contribution >= 0.6 is 0 Å². The quantitative estimate of drug-likeness (QED) is 0.618. The summed E-state index contributed by atoms with van der Waals surface area (Å²) in [4.78, 5) is 22.4. The molecule has 0 heterocycles. The summed E-state index contributed by atoms with van der Waals surface area (Å²) in [5, 5.41) is 13.5. The number of carbonyl (C=O) groups excluding carboxylic acids is 1. The summed E-state index contributed by atoms with van der Waals surface area (Å²) in [6, 6.07) is 10.8. The molecule has 0 aromatic heterocycles. The number of hydrogen-bond donors (Lipinski definition) is 1. The predicted octanol–water partition coefficient (Wildman–Crippen LogP) is 2.63. The van der Waals surface area contributed by atoms with Gasteiger partial charge in [0.25, 0.3) is 5.91 Å². The zero-order valence-corrected chi connectivity index (χ0v) is 13.1. The minimum atomic E-state index is -0.571. The topological polar surface area (TPSA) is 99.9 Å². The van der Waals surface area contributed by atoms with E-state index < -0.39 is 10.8 Å². The lowest BCUT2D eigenvalue weighted by molar-refractivity contribution is -0.385. The molecule has 0 bridgehead atoms. The highest BCUT2D eigenvalue weighted by atomic mass is 16.6. The second-order valence-electron chi connectivity index (χ2n) is 4.63. The van der Waals surface area contributed by atoms with Gasteiger partial charge in [0.2, 0.25) is 0 Å². The molecule has 0 spiro atoms. The standard InChI is InChI=1S/C16H16N2O6/c1-22-11-7-8-14(23-2)12(9-11)17-16(19)10-24-15-6-4-3-5-13(15)18(20)21/h3-9H,10H2,1-2H3,(H,17,19). The third-order valence-corrected chi connectivity index (χ3v) is 3.10. The van der Waals surface area contributed by atoms with E-state index in [0.29, 0.717) is 17.2 Å². The van der Waals surface area contributed by atoms with Crippen LogP contribution in [0, 0.1) is 10.1 Å². The van der Waals surface area contributed by atoms with Gasteiger partial charge in [0.15, 0.2) is 12.4 Å². The Morgan fingerprint density at radius 3 is 2.54 bits per heavy atom. The van der Waals surface area contributed by atoms with E-state index in [-0.39, 0.29) is 18.0 Å². The van der Waals surface area contributed by atoms with Crippen LogP contribution in [0.1, 0.15) is 0 Å². The highest BCUT2D eigenvalue weighted by Crippen LogP contribution is 2.29. The third-order valence-electron chi connectivity index (χ3n) is 3.10. The summed E-state index contributed by atoms with van der Waals surface area (Å²) in [5.41, 5.74) is 0.206. The van der Waals surface area contributed by atoms with Crippen molar-refractivity contribution in [3.63, 3.8) is 0 Å². The number of anilines is 1. The lowest BCUT2D eigenvalue weighted by Gasteiger charge is -2.12. The van der Waals surface area contributed by atoms with Gasteiger partial charge in [0.1, 0.15) is 11.5 Å². The number of para-hydroxylation sites is 2. The molecule has 2 rings (SSSR count). The SMILES string of the molecule is COc1ccc(OC)c(NC(=O)COc2ccccc2[N+](=O)[O-])c1. The van der Waals surface area contributed by atoms with E-state index in [4.69, 9.17) is 14.2 Å². The summed E-state index contributed by atoms with van der Waals surface area (Å²) in [6.45, 7) is -0.384. The van der Waals surface area contributed by atoms with E-state index >= 15 is 0 Å². The van der Waals surface area contributed by atoms with Crippen LogP contribution in [0.15, 0.2) is 42.5 Å². The van der Waals surface area contributed by atoms with Crippen LogP contribution in [0.4, 0.5) is 11.4 Å². The fourth-order valence-electron chi connectivity index (χ4n) is 1.97. The van der Waals surface area contributed by atoms with Gasteiger partial charge in [-0.15, -0.1) is 0 Å². The normalized spacial score (nSPS) is 9.92. The Hall–Kier alpha value is -3.29. The number of carbonyl (C=O) groups is 1. The van der Waals surface area contributed by atoms with Gasteiger partial charge in [-0.05, 0) is 18.2 Å². The summed E-state index contributed by atoms with van der Waals surface area (Å²) in [5.74, 6) is 0.538. The average molecular weight is 332 g/mol. The number of nitrogens with zero attached hydrogens (tertiary/aromatic N) is 1. The van der Waals surface area contributed by atoms with Crippen LogP contribution < -0.4 is 19.5 Å². The van der Waals surface area contributed by atoms with Gasteiger partial charge in [-0.25, -0.2) is 0 Å². The maximum Gasteiger partial charge on any atom is 0.310 e. The zero-order valence-electron chi connectivity index (χ0n) is 13.1. The van der Waals surface area contributed by atoms with Crippen molar-refractivity contribution in [3.05, 3.63) is 52.6 Å². The van der Waals surface area contributed by atoms with Gasteiger partial charge in [-0.2, -0.15) is 0 Å². The second-order valence-corrected chi connectivity index (χ2v) is 4.63. The molecule has 0 saturated carbocycles. The van der Waals surface area contributed by atoms with Crippen LogP contribution in [0.5, 0.6) is 17.2 Å². The molecule has 126 valence electrons. The molecular weight excluding hydrogens is 316 g/mol. The van der Waals surface area contributed by atoms with Crippen LogP contribution in [0.25, 0.3) is 0 Å². The molecule has 8 nitrogen and oxygen atoms in total. The lowest BCUT2D eigenvalue weighted by Crippen LogP contribution is -2.20. The molecule has 0 aliphatic carbocycles. The minimum Gasteiger partial charge on any atom is -0.497 e. The van der Waals surface area contributed by atoms with Crippen molar-refractivity contribution in [1.82, 2.24) is 0 Å². The van der Waals surface area contributed by atoms with Gasteiger partial charge in [-0.1, -0.05) is 12.1 Å². The monoisotopic (exact) mass is 332 g/mol. The first-order chi connectivity index (χ1) is 11.5. The molecule has 24 heavy (non-hydrogen) atoms. The van der Waals surface area contributed by atoms with E-state index in [0.717, 1.165) is 0 Å². The molecule has 0 unspecified atom stereocenters. The van der Waals surface area contributed by atoms with Crippen molar-refractivity contribution in [2.24, 2.45) is 0 Å². The van der Waals surface area contributed by atoms with Crippen molar-refractivity contribution in [1.29, 1.82) is 0 Å². The first-order valence-electron chi connectivity index (χ1n) is 6.93. The predicted molar refractivity (Wildman–Crippen MR) is 86.8 cm³/mol. The highest BCUT2D eigenvalue weighted by molar-refractivity contribution is 5.93. The molecule has 2 aromatic carbocycles. The van der Waals surface area contributed by atoms with E-state index in [1.54, 1.807) is 24.3 Å². The first kappa shape index (κ1) is 17.1. The van der Waals surface area contributed by atoms with Crippen molar-refractivity contribution in [2.75, 3.05) is 26.1 Å². The lowest BCUT2D eigenvalue weighted by atomic mass is 10.2. The minimum absolute atomic E-state index is 0.0234. The zero-order chi connectivity index (χ0) is 17.5. The number of rotatable bonds is 7. The van der Waals surface area contributed by atoms with Gasteiger partial charge < -0.3 is 19.5 Å². The Kier molecular flexibility index (Phi) is 5.56. The van der Waals surface area contributed by atoms with Crippen molar-refractivity contribution >= 4 is 17.3 Å². The van der Waals surface area contributed by atoms with Crippen molar-refractivity contribution in [3.8, 4) is 17.2 Å². The van der Waals surface area contributed by atoms with Gasteiger partial charge in [0.05, 0.1) is 24.8 Å². The summed E-state index contributed by atoms with van der Waals surface area (Å²) >= 11 is 0. The number of amides is 1. The molecule has 0 atom stereocenters. The fraction of sp³-hybridized carbons (Fsp3) is 0.188. The Labute approximate surface area is 138 Å². The third kappa shape index (κ3) is 4.13. The largest absolute Gasteiger partial charge is 0.497 e. The van der Waals surface area contributed by atoms with Crippen LogP contribution in [-0.4, -0.2) is 31.7 Å². The van der Waals surface area contributed by atoms with Gasteiger partial charge >= 0.3 is 5.69 Å². The second kappa shape index (κ2) is 7.82. The Morgan fingerprint density at radius 2 is 1.88 bits per heavy atom. The van der Waals surface area contributed by atoms with Crippen LogP contribution in [0.2, 0.25) is 0 Å². The summed E-state index contributed by atoms with van der Waals surface area (Å²) < 4.78 is 15.5. The van der Waals surface area contributed by atoms with Crippen LogP contribution in [-0.2, 0) is 4.79 Å². The number of hydrogen-bond acceptors (Lipinski definition) is 6. The molecule has 8 heteroatoms. The number of nitro benzene ring substituents is 1. The van der Waals surface area contributed by atoms with E-state index in [1.165, 1.54) is 32.4 Å². The number of ether oxygens (including phenoxy) is 3. The maximum absolute atomic E-state index is 12.0. The first-order valence-corrected chi connectivity index (χ1v) is 6.93. The highest BCUT2D eigenvalue weighted by Gasteiger charge is 2.15. The van der Waals surface area contributed by atoms with Crippen molar-refractivity contribution in [2.45, 2.75) is 0 Å².